The average Bonchev–Trinajstić information content (AvgIpc) is 2.94. The number of hydrogen-bond acceptors (Lipinski definition) is 3. The van der Waals surface area contributed by atoms with Crippen LogP contribution in [-0.4, -0.2) is 11.7 Å². The average molecular weight is 313 g/mol. The van der Waals surface area contributed by atoms with E-state index < -0.39 is 0 Å². The molecule has 24 heavy (non-hydrogen) atoms. The van der Waals surface area contributed by atoms with E-state index in [-0.39, 0.29) is 0 Å². The molecule has 1 heterocycles. The molecule has 0 aromatic heterocycles. The van der Waals surface area contributed by atoms with Gasteiger partial charge in [0.2, 0.25) is 0 Å². The van der Waals surface area contributed by atoms with Crippen molar-refractivity contribution in [1.82, 2.24) is 0 Å². The predicted octanol–water partition coefficient (Wildman–Crippen LogP) is 4.28. The van der Waals surface area contributed by atoms with Crippen LogP contribution in [0.2, 0.25) is 0 Å². The second kappa shape index (κ2) is 6.01. The number of hydrogen-bond donors (Lipinski definition) is 1. The van der Waals surface area contributed by atoms with Crippen LogP contribution < -0.4 is 10.5 Å². The Bertz CT molecular complexity index is 929. The Hall–Kier alpha value is -3.40. The molecule has 0 bridgehead atoms. The second-order valence-electron chi connectivity index (χ2n) is 5.39. The van der Waals surface area contributed by atoms with E-state index in [1.165, 1.54) is 0 Å². The zero-order chi connectivity index (χ0) is 16.4. The molecular formula is C20H15N3O. The monoisotopic (exact) mass is 313 g/mol. The predicted molar refractivity (Wildman–Crippen MR) is 96.3 cm³/mol. The Labute approximate surface area is 140 Å². The quantitative estimate of drug-likeness (QED) is 0.784. The number of ether oxygens (including phenoxy) is 1. The molecular weight excluding hydrogens is 298 g/mol. The minimum Gasteiger partial charge on any atom is -0.457 e. The van der Waals surface area contributed by atoms with Crippen molar-refractivity contribution >= 4 is 17.4 Å². The summed E-state index contributed by atoms with van der Waals surface area (Å²) < 4.78 is 5.78. The van der Waals surface area contributed by atoms with Crippen molar-refractivity contribution in [3.8, 4) is 11.5 Å². The third kappa shape index (κ3) is 2.77. The molecule has 0 saturated carbocycles. The maximum absolute atomic E-state index is 5.95. The van der Waals surface area contributed by atoms with Crippen molar-refractivity contribution in [2.75, 3.05) is 0 Å². The van der Waals surface area contributed by atoms with E-state index in [2.05, 4.69) is 9.98 Å². The smallest absolute Gasteiger partial charge is 0.162 e. The Kier molecular flexibility index (Phi) is 3.56. The highest BCUT2D eigenvalue weighted by molar-refractivity contribution is 6.22. The number of nitrogens with zero attached hydrogens (tertiary/aromatic N) is 2. The lowest BCUT2D eigenvalue weighted by atomic mass is 10.1. The standard InChI is InChI=1S/C20H15N3O/c21-19-17-8-4-5-9-18(17)20(23-19)22-14-10-12-16(13-11-14)24-15-6-2-1-3-7-15/h1-13H,(H2,21,22,23). The van der Waals surface area contributed by atoms with Gasteiger partial charge < -0.3 is 10.5 Å². The minimum absolute atomic E-state index is 0.508. The largest absolute Gasteiger partial charge is 0.457 e. The summed E-state index contributed by atoms with van der Waals surface area (Å²) in [7, 11) is 0. The molecule has 4 heteroatoms. The summed E-state index contributed by atoms with van der Waals surface area (Å²) in [5.41, 5.74) is 8.64. The van der Waals surface area contributed by atoms with Gasteiger partial charge in [-0.2, -0.15) is 0 Å². The van der Waals surface area contributed by atoms with Crippen molar-refractivity contribution < 1.29 is 4.74 Å². The first-order valence-electron chi connectivity index (χ1n) is 7.65. The van der Waals surface area contributed by atoms with E-state index in [4.69, 9.17) is 10.5 Å². The number of benzene rings is 3. The number of aliphatic imine (C=N–C) groups is 2. The molecule has 0 spiro atoms. The van der Waals surface area contributed by atoms with Gasteiger partial charge in [-0.25, -0.2) is 9.98 Å². The molecule has 0 amide bonds. The first kappa shape index (κ1) is 14.2. The first-order chi connectivity index (χ1) is 11.8. The van der Waals surface area contributed by atoms with Crippen LogP contribution in [0.4, 0.5) is 5.69 Å². The summed E-state index contributed by atoms with van der Waals surface area (Å²) in [5, 5.41) is 0. The molecule has 0 unspecified atom stereocenters. The number of nitrogens with two attached hydrogens (primary N) is 1. The summed E-state index contributed by atoms with van der Waals surface area (Å²) in [6.07, 6.45) is 0. The van der Waals surface area contributed by atoms with Crippen molar-refractivity contribution in [2.24, 2.45) is 15.7 Å². The summed E-state index contributed by atoms with van der Waals surface area (Å²) in [4.78, 5) is 8.95. The Morgan fingerprint density at radius 3 is 2.08 bits per heavy atom. The fraction of sp³-hybridized carbons (Fsp3) is 0. The van der Waals surface area contributed by atoms with Crippen molar-refractivity contribution in [2.45, 2.75) is 0 Å². The molecule has 0 radical (unpaired) electrons. The lowest BCUT2D eigenvalue weighted by Gasteiger charge is -2.05. The molecule has 3 aromatic carbocycles. The topological polar surface area (TPSA) is 60.0 Å². The van der Waals surface area contributed by atoms with Gasteiger partial charge in [-0.15, -0.1) is 0 Å². The Balaban J connectivity index is 1.58. The van der Waals surface area contributed by atoms with Crippen molar-refractivity contribution in [1.29, 1.82) is 0 Å². The summed E-state index contributed by atoms with van der Waals surface area (Å²) in [6.45, 7) is 0. The summed E-state index contributed by atoms with van der Waals surface area (Å²) in [6, 6.07) is 25.1. The number of fused-ring (bicyclic) bond motifs is 1. The SMILES string of the molecule is NC1=NC(=Nc2ccc(Oc3ccccc3)cc2)c2ccccc21. The van der Waals surface area contributed by atoms with Gasteiger partial charge in [0, 0.05) is 11.1 Å². The van der Waals surface area contributed by atoms with Crippen LogP contribution in [-0.2, 0) is 0 Å². The molecule has 4 rings (SSSR count). The molecule has 1 aliphatic heterocycles. The third-order valence-electron chi connectivity index (χ3n) is 3.72. The van der Waals surface area contributed by atoms with E-state index in [0.29, 0.717) is 11.7 Å². The van der Waals surface area contributed by atoms with Gasteiger partial charge in [-0.05, 0) is 36.4 Å². The van der Waals surface area contributed by atoms with Crippen LogP contribution in [0.5, 0.6) is 11.5 Å². The molecule has 0 aliphatic carbocycles. The minimum atomic E-state index is 0.508. The number of amidine groups is 2. The molecule has 3 aromatic rings. The molecule has 2 N–H and O–H groups in total. The fourth-order valence-electron chi connectivity index (χ4n) is 2.56. The molecule has 1 aliphatic rings. The number of rotatable bonds is 3. The van der Waals surface area contributed by atoms with Gasteiger partial charge >= 0.3 is 0 Å². The molecule has 0 fully saturated rings. The van der Waals surface area contributed by atoms with Gasteiger partial charge in [0.25, 0.3) is 0 Å². The Morgan fingerprint density at radius 1 is 0.708 bits per heavy atom. The first-order valence-corrected chi connectivity index (χ1v) is 7.65. The fourth-order valence-corrected chi connectivity index (χ4v) is 2.56. The van der Waals surface area contributed by atoms with Crippen LogP contribution in [0.1, 0.15) is 11.1 Å². The zero-order valence-electron chi connectivity index (χ0n) is 12.9. The highest BCUT2D eigenvalue weighted by Crippen LogP contribution is 2.25. The third-order valence-corrected chi connectivity index (χ3v) is 3.72. The van der Waals surface area contributed by atoms with E-state index in [9.17, 15) is 0 Å². The van der Waals surface area contributed by atoms with Crippen LogP contribution in [0, 0.1) is 0 Å². The van der Waals surface area contributed by atoms with Crippen LogP contribution >= 0.6 is 0 Å². The van der Waals surface area contributed by atoms with Gasteiger partial charge in [-0.1, -0.05) is 42.5 Å². The molecule has 0 atom stereocenters. The van der Waals surface area contributed by atoms with E-state index in [1.54, 1.807) is 0 Å². The highest BCUT2D eigenvalue weighted by Gasteiger charge is 2.18. The van der Waals surface area contributed by atoms with Gasteiger partial charge in [0.15, 0.2) is 5.84 Å². The normalized spacial score (nSPS) is 14.3. The second-order valence-corrected chi connectivity index (χ2v) is 5.39. The zero-order valence-corrected chi connectivity index (χ0v) is 12.9. The van der Waals surface area contributed by atoms with Crippen LogP contribution in [0.3, 0.4) is 0 Å². The van der Waals surface area contributed by atoms with Crippen LogP contribution in [0.25, 0.3) is 0 Å². The maximum Gasteiger partial charge on any atom is 0.162 e. The van der Waals surface area contributed by atoms with Crippen molar-refractivity contribution in [3.63, 3.8) is 0 Å². The lowest BCUT2D eigenvalue weighted by Crippen LogP contribution is -2.09. The van der Waals surface area contributed by atoms with Crippen LogP contribution in [0.15, 0.2) is 88.8 Å². The maximum atomic E-state index is 5.95. The Morgan fingerprint density at radius 2 is 1.33 bits per heavy atom. The molecule has 116 valence electrons. The number of para-hydroxylation sites is 1. The van der Waals surface area contributed by atoms with E-state index in [1.807, 2.05) is 78.9 Å². The van der Waals surface area contributed by atoms with Gasteiger partial charge in [0.1, 0.15) is 17.3 Å². The van der Waals surface area contributed by atoms with E-state index >= 15 is 0 Å². The lowest BCUT2D eigenvalue weighted by molar-refractivity contribution is 0.483. The molecule has 0 saturated heterocycles. The van der Waals surface area contributed by atoms with E-state index in [0.717, 1.165) is 28.3 Å². The van der Waals surface area contributed by atoms with Gasteiger partial charge in [-0.3, -0.25) is 0 Å². The van der Waals surface area contributed by atoms with Crippen molar-refractivity contribution in [3.05, 3.63) is 90.0 Å². The highest BCUT2D eigenvalue weighted by atomic mass is 16.5. The summed E-state index contributed by atoms with van der Waals surface area (Å²) >= 11 is 0. The molecule has 4 nitrogen and oxygen atoms in total. The van der Waals surface area contributed by atoms with Gasteiger partial charge in [0.05, 0.1) is 5.69 Å². The summed E-state index contributed by atoms with van der Waals surface area (Å²) in [5.74, 6) is 2.71.